The van der Waals surface area contributed by atoms with Crippen LogP contribution in [0.5, 0.6) is 11.5 Å². The summed E-state index contributed by atoms with van der Waals surface area (Å²) in [6.07, 6.45) is -0.0536. The van der Waals surface area contributed by atoms with Crippen LogP contribution in [0.1, 0.15) is 10.4 Å². The predicted molar refractivity (Wildman–Crippen MR) is 69.3 cm³/mol. The largest absolute Gasteiger partial charge is 0.508 e. The van der Waals surface area contributed by atoms with Crippen molar-refractivity contribution in [1.82, 2.24) is 10.2 Å². The molecule has 1 fully saturated rings. The van der Waals surface area contributed by atoms with E-state index in [1.54, 1.807) is 4.90 Å². The van der Waals surface area contributed by atoms with Crippen molar-refractivity contribution in [3.05, 3.63) is 23.8 Å². The number of nitrogens with one attached hydrogen (secondary N) is 1. The molecule has 1 unspecified atom stereocenters. The molecule has 0 radical (unpaired) electrons. The third-order valence-corrected chi connectivity index (χ3v) is 3.07. The van der Waals surface area contributed by atoms with Gasteiger partial charge in [0.25, 0.3) is 5.91 Å². The van der Waals surface area contributed by atoms with Gasteiger partial charge in [-0.2, -0.15) is 0 Å². The smallest absolute Gasteiger partial charge is 0.257 e. The lowest BCUT2D eigenvalue weighted by atomic mass is 10.1. The number of benzene rings is 1. The lowest BCUT2D eigenvalue weighted by molar-refractivity contribution is -0.0197. The average molecular weight is 266 g/mol. The molecule has 2 rings (SSSR count). The summed E-state index contributed by atoms with van der Waals surface area (Å²) < 4.78 is 5.52. The number of hydrogen-bond acceptors (Lipinski definition) is 5. The molecule has 0 bridgehead atoms. The van der Waals surface area contributed by atoms with Crippen molar-refractivity contribution in [3.8, 4) is 11.5 Å². The fraction of sp³-hybridized carbons (Fsp3) is 0.462. The summed E-state index contributed by atoms with van der Waals surface area (Å²) in [6.45, 7) is 2.08. The highest BCUT2D eigenvalue weighted by Crippen LogP contribution is 2.24. The normalized spacial score (nSPS) is 19.4. The minimum atomic E-state index is -0.294. The molecule has 1 amide bonds. The van der Waals surface area contributed by atoms with Crippen LogP contribution in [0.3, 0.4) is 0 Å². The third kappa shape index (κ3) is 3.15. The molecule has 19 heavy (non-hydrogen) atoms. The topological polar surface area (TPSA) is 82.0 Å². The van der Waals surface area contributed by atoms with Gasteiger partial charge < -0.3 is 25.2 Å². The van der Waals surface area contributed by atoms with Crippen molar-refractivity contribution in [2.24, 2.45) is 0 Å². The number of phenols is 2. The van der Waals surface area contributed by atoms with E-state index in [2.05, 4.69) is 5.32 Å². The summed E-state index contributed by atoms with van der Waals surface area (Å²) in [6, 6.07) is 3.93. The maximum absolute atomic E-state index is 12.3. The Bertz CT molecular complexity index is 462. The SMILES string of the molecule is CNCC1CN(C(=O)c2cc(O)ccc2O)CCO1. The number of morpholine rings is 1. The van der Waals surface area contributed by atoms with Gasteiger partial charge in [-0.15, -0.1) is 0 Å². The summed E-state index contributed by atoms with van der Waals surface area (Å²) >= 11 is 0. The van der Waals surface area contributed by atoms with E-state index in [9.17, 15) is 15.0 Å². The fourth-order valence-electron chi connectivity index (χ4n) is 2.12. The van der Waals surface area contributed by atoms with E-state index in [1.807, 2.05) is 7.05 Å². The molecule has 1 aromatic rings. The van der Waals surface area contributed by atoms with Gasteiger partial charge >= 0.3 is 0 Å². The highest BCUT2D eigenvalue weighted by Gasteiger charge is 2.26. The van der Waals surface area contributed by atoms with E-state index in [4.69, 9.17) is 4.74 Å². The summed E-state index contributed by atoms with van der Waals surface area (Å²) in [4.78, 5) is 13.9. The Kier molecular flexibility index (Phi) is 4.24. The lowest BCUT2D eigenvalue weighted by Crippen LogP contribution is -2.48. The molecule has 1 atom stereocenters. The van der Waals surface area contributed by atoms with Gasteiger partial charge in [0.15, 0.2) is 0 Å². The molecule has 0 aromatic heterocycles. The number of nitrogens with zero attached hydrogens (tertiary/aromatic N) is 1. The third-order valence-electron chi connectivity index (χ3n) is 3.07. The number of likely N-dealkylation sites (N-methyl/N-ethyl adjacent to an activating group) is 1. The molecule has 1 aliphatic heterocycles. The fourth-order valence-corrected chi connectivity index (χ4v) is 2.12. The van der Waals surface area contributed by atoms with Crippen molar-refractivity contribution in [2.45, 2.75) is 6.10 Å². The molecule has 0 aliphatic carbocycles. The first-order chi connectivity index (χ1) is 9.11. The van der Waals surface area contributed by atoms with Crippen molar-refractivity contribution in [2.75, 3.05) is 33.3 Å². The Balaban J connectivity index is 2.12. The number of carbonyl (C=O) groups excluding carboxylic acids is 1. The van der Waals surface area contributed by atoms with Gasteiger partial charge in [0, 0.05) is 19.6 Å². The minimum Gasteiger partial charge on any atom is -0.508 e. The van der Waals surface area contributed by atoms with Crippen LogP contribution in [-0.4, -0.2) is 60.4 Å². The molecule has 3 N–H and O–H groups in total. The van der Waals surface area contributed by atoms with E-state index < -0.39 is 0 Å². The monoisotopic (exact) mass is 266 g/mol. The first-order valence-electron chi connectivity index (χ1n) is 6.19. The van der Waals surface area contributed by atoms with Crippen molar-refractivity contribution in [3.63, 3.8) is 0 Å². The first kappa shape index (κ1) is 13.6. The van der Waals surface area contributed by atoms with Crippen LogP contribution >= 0.6 is 0 Å². The molecule has 0 spiro atoms. The van der Waals surface area contributed by atoms with Crippen molar-refractivity contribution >= 4 is 5.91 Å². The molecular formula is C13H18N2O4. The molecule has 1 aliphatic rings. The summed E-state index contributed by atoms with van der Waals surface area (Å²) in [5, 5.41) is 22.1. The van der Waals surface area contributed by atoms with E-state index in [0.29, 0.717) is 26.2 Å². The Hall–Kier alpha value is -1.79. The molecule has 0 saturated carbocycles. The Morgan fingerprint density at radius 2 is 2.32 bits per heavy atom. The van der Waals surface area contributed by atoms with Gasteiger partial charge in [0.1, 0.15) is 11.5 Å². The summed E-state index contributed by atoms with van der Waals surface area (Å²) in [5.41, 5.74) is 0.116. The lowest BCUT2D eigenvalue weighted by Gasteiger charge is -2.33. The highest BCUT2D eigenvalue weighted by atomic mass is 16.5. The van der Waals surface area contributed by atoms with E-state index in [1.165, 1.54) is 18.2 Å². The van der Waals surface area contributed by atoms with Crippen LogP contribution < -0.4 is 5.32 Å². The zero-order valence-electron chi connectivity index (χ0n) is 10.8. The average Bonchev–Trinajstić information content (AvgIpc) is 2.41. The van der Waals surface area contributed by atoms with E-state index >= 15 is 0 Å². The van der Waals surface area contributed by atoms with Crippen LogP contribution in [-0.2, 0) is 4.74 Å². The summed E-state index contributed by atoms with van der Waals surface area (Å²) in [5.74, 6) is -0.460. The van der Waals surface area contributed by atoms with Crippen molar-refractivity contribution < 1.29 is 19.7 Å². The number of rotatable bonds is 3. The van der Waals surface area contributed by atoms with Crippen LogP contribution in [0.2, 0.25) is 0 Å². The van der Waals surface area contributed by atoms with Gasteiger partial charge in [0.2, 0.25) is 0 Å². The van der Waals surface area contributed by atoms with Gasteiger partial charge in [-0.05, 0) is 25.2 Å². The number of phenolic OH excluding ortho intramolecular Hbond substituents is 2. The van der Waals surface area contributed by atoms with E-state index in [-0.39, 0.29) is 29.1 Å². The number of carbonyl (C=O) groups is 1. The number of hydrogen-bond donors (Lipinski definition) is 3. The van der Waals surface area contributed by atoms with Crippen molar-refractivity contribution in [1.29, 1.82) is 0 Å². The number of ether oxygens (including phenoxy) is 1. The standard InChI is InChI=1S/C13H18N2O4/c1-14-7-10-8-15(4-5-19-10)13(18)11-6-9(16)2-3-12(11)17/h2-3,6,10,14,16-17H,4-5,7-8H2,1H3. The van der Waals surface area contributed by atoms with Crippen LogP contribution in [0.4, 0.5) is 0 Å². The second kappa shape index (κ2) is 5.90. The molecular weight excluding hydrogens is 248 g/mol. The minimum absolute atomic E-state index is 0.0406. The van der Waals surface area contributed by atoms with Gasteiger partial charge in [0.05, 0.1) is 18.3 Å². The Morgan fingerprint density at radius 1 is 1.53 bits per heavy atom. The summed E-state index contributed by atoms with van der Waals surface area (Å²) in [7, 11) is 1.82. The van der Waals surface area contributed by atoms with E-state index in [0.717, 1.165) is 0 Å². The maximum Gasteiger partial charge on any atom is 0.257 e. The molecule has 1 aromatic carbocycles. The first-order valence-corrected chi connectivity index (χ1v) is 6.19. The van der Waals surface area contributed by atoms with Crippen LogP contribution in [0, 0.1) is 0 Å². The molecule has 6 nitrogen and oxygen atoms in total. The zero-order chi connectivity index (χ0) is 13.8. The second-order valence-corrected chi connectivity index (χ2v) is 4.50. The molecule has 104 valence electrons. The quantitative estimate of drug-likeness (QED) is 0.679. The number of aromatic hydroxyl groups is 2. The number of amides is 1. The predicted octanol–water partition coefficient (Wildman–Crippen LogP) is 0.158. The zero-order valence-corrected chi connectivity index (χ0v) is 10.8. The molecule has 6 heteroatoms. The Morgan fingerprint density at radius 3 is 3.05 bits per heavy atom. The molecule has 1 heterocycles. The molecule has 1 saturated heterocycles. The van der Waals surface area contributed by atoms with Gasteiger partial charge in [-0.3, -0.25) is 4.79 Å². The highest BCUT2D eigenvalue weighted by molar-refractivity contribution is 5.97. The van der Waals surface area contributed by atoms with Crippen LogP contribution in [0.15, 0.2) is 18.2 Å². The van der Waals surface area contributed by atoms with Crippen LogP contribution in [0.25, 0.3) is 0 Å². The maximum atomic E-state index is 12.3. The second-order valence-electron chi connectivity index (χ2n) is 4.50. The van der Waals surface area contributed by atoms with Gasteiger partial charge in [-0.25, -0.2) is 0 Å². The Labute approximate surface area is 111 Å². The van der Waals surface area contributed by atoms with Gasteiger partial charge in [-0.1, -0.05) is 0 Å².